The van der Waals surface area contributed by atoms with Gasteiger partial charge in [-0.05, 0) is 54.6 Å². The second-order valence-corrected chi connectivity index (χ2v) is 8.75. The van der Waals surface area contributed by atoms with Crippen LogP contribution in [0.25, 0.3) is 11.0 Å². The number of hydrogen-bond acceptors (Lipinski definition) is 8. The number of nitrogens with zero attached hydrogens (tertiary/aromatic N) is 4. The van der Waals surface area contributed by atoms with Gasteiger partial charge in [0.1, 0.15) is 17.5 Å². The zero-order valence-electron chi connectivity index (χ0n) is 18.2. The van der Waals surface area contributed by atoms with E-state index in [9.17, 15) is 21.6 Å². The fourth-order valence-corrected chi connectivity index (χ4v) is 3.41. The Kier molecular flexibility index (Phi) is 6.97. The first-order chi connectivity index (χ1) is 17.1. The second kappa shape index (κ2) is 10.1. The molecule has 0 aliphatic carbocycles. The van der Waals surface area contributed by atoms with Crippen LogP contribution in [0, 0.1) is 0 Å². The summed E-state index contributed by atoms with van der Waals surface area (Å²) < 4.78 is 70.5. The third-order valence-electron chi connectivity index (χ3n) is 4.44. The second-order valence-electron chi connectivity index (χ2n) is 7.18. The van der Waals surface area contributed by atoms with Crippen LogP contribution >= 0.6 is 0 Å². The number of hydrogen-bond donors (Lipinski definition) is 1. The Hall–Kier alpha value is -4.32. The molecule has 0 amide bonds. The Morgan fingerprint density at radius 2 is 1.56 bits per heavy atom. The molecule has 9 nitrogen and oxygen atoms in total. The minimum atomic E-state index is -4.45. The van der Waals surface area contributed by atoms with Crippen LogP contribution < -0.4 is 14.6 Å². The van der Waals surface area contributed by atoms with E-state index in [0.717, 1.165) is 0 Å². The molecule has 2 N–H and O–H groups in total. The molecule has 0 saturated carbocycles. The molecule has 0 bridgehead atoms. The SMILES string of the molecule is NS(=O)(=O)c1cccc(N=C=Nc2nc3ccccc3nc2Oc2ccc(OCC(F)(F)F)cc2)c1. The van der Waals surface area contributed by atoms with Crippen molar-refractivity contribution < 1.29 is 31.1 Å². The van der Waals surface area contributed by atoms with E-state index in [1.54, 1.807) is 24.3 Å². The molecule has 0 radical (unpaired) electrons. The number of rotatable bonds is 7. The minimum absolute atomic E-state index is 0.0105. The van der Waals surface area contributed by atoms with Gasteiger partial charge < -0.3 is 9.47 Å². The predicted molar refractivity (Wildman–Crippen MR) is 125 cm³/mol. The number of sulfonamides is 1. The van der Waals surface area contributed by atoms with Crippen LogP contribution in [-0.2, 0) is 10.0 Å². The fraction of sp³-hybridized carbons (Fsp3) is 0.0870. The van der Waals surface area contributed by atoms with Crippen LogP contribution in [0.5, 0.6) is 17.4 Å². The molecule has 1 heterocycles. The zero-order chi connectivity index (χ0) is 25.8. The highest BCUT2D eigenvalue weighted by Gasteiger charge is 2.28. The van der Waals surface area contributed by atoms with Gasteiger partial charge in [-0.2, -0.15) is 23.2 Å². The van der Waals surface area contributed by atoms with Gasteiger partial charge in [0.2, 0.25) is 15.8 Å². The Balaban J connectivity index is 1.63. The van der Waals surface area contributed by atoms with Gasteiger partial charge in [0, 0.05) is 0 Å². The molecule has 0 atom stereocenters. The van der Waals surface area contributed by atoms with Gasteiger partial charge >= 0.3 is 6.18 Å². The van der Waals surface area contributed by atoms with Gasteiger partial charge in [-0.1, -0.05) is 18.2 Å². The molecule has 1 aromatic heterocycles. The van der Waals surface area contributed by atoms with Crippen molar-refractivity contribution in [2.45, 2.75) is 11.1 Å². The summed E-state index contributed by atoms with van der Waals surface area (Å²) >= 11 is 0. The molecule has 13 heteroatoms. The van der Waals surface area contributed by atoms with E-state index in [0.29, 0.717) is 11.0 Å². The van der Waals surface area contributed by atoms with E-state index in [2.05, 4.69) is 30.7 Å². The molecule has 4 aromatic rings. The highest BCUT2D eigenvalue weighted by molar-refractivity contribution is 7.89. The standard InChI is InChI=1S/C23H16F3N5O4S/c24-23(25,26)13-34-16-8-10-17(11-9-16)35-22-21(30-19-6-1-2-7-20(19)31-22)29-14-28-15-4-3-5-18(12-15)36(27,32)33/h1-12H,13H2,(H2,27,32,33). The zero-order valence-corrected chi connectivity index (χ0v) is 19.0. The number of benzene rings is 3. The summed E-state index contributed by atoms with van der Waals surface area (Å²) in [6.07, 6.45) is -4.45. The number of aliphatic imine (C=N–C) groups is 2. The first-order valence-corrected chi connectivity index (χ1v) is 11.6. The quantitative estimate of drug-likeness (QED) is 0.339. The Bertz CT molecular complexity index is 1570. The van der Waals surface area contributed by atoms with E-state index in [-0.39, 0.29) is 33.8 Å². The summed E-state index contributed by atoms with van der Waals surface area (Å²) in [6, 6.07) is 20.4. The molecule has 0 unspecified atom stereocenters. The monoisotopic (exact) mass is 515 g/mol. The van der Waals surface area contributed by atoms with Crippen LogP contribution in [0.4, 0.5) is 24.7 Å². The van der Waals surface area contributed by atoms with Crippen molar-refractivity contribution in [3.63, 3.8) is 0 Å². The molecule has 4 rings (SSSR count). The smallest absolute Gasteiger partial charge is 0.422 e. The van der Waals surface area contributed by atoms with Gasteiger partial charge in [0.15, 0.2) is 6.61 Å². The topological polar surface area (TPSA) is 129 Å². The normalized spacial score (nSPS) is 11.6. The predicted octanol–water partition coefficient (Wildman–Crippen LogP) is 5.15. The summed E-state index contributed by atoms with van der Waals surface area (Å²) in [4.78, 5) is 16.7. The molecule has 0 aliphatic heterocycles. The van der Waals surface area contributed by atoms with Crippen LogP contribution in [-0.4, -0.2) is 37.2 Å². The largest absolute Gasteiger partial charge is 0.484 e. The number of para-hydroxylation sites is 2. The summed E-state index contributed by atoms with van der Waals surface area (Å²) in [7, 11) is -3.91. The maximum atomic E-state index is 12.3. The van der Waals surface area contributed by atoms with E-state index < -0.39 is 22.8 Å². The number of ether oxygens (including phenoxy) is 2. The molecular formula is C23H16F3N5O4S. The summed E-state index contributed by atoms with van der Waals surface area (Å²) in [6.45, 7) is -1.42. The van der Waals surface area contributed by atoms with Gasteiger partial charge in [-0.25, -0.2) is 23.5 Å². The highest BCUT2D eigenvalue weighted by atomic mass is 32.2. The van der Waals surface area contributed by atoms with Crippen molar-refractivity contribution >= 4 is 38.6 Å². The first-order valence-electron chi connectivity index (χ1n) is 10.1. The van der Waals surface area contributed by atoms with Crippen molar-refractivity contribution in [2.24, 2.45) is 15.1 Å². The molecule has 184 valence electrons. The van der Waals surface area contributed by atoms with E-state index >= 15 is 0 Å². The maximum absolute atomic E-state index is 12.3. The summed E-state index contributed by atoms with van der Waals surface area (Å²) in [5.74, 6) is 0.251. The summed E-state index contributed by atoms with van der Waals surface area (Å²) in [5, 5.41) is 5.13. The highest BCUT2D eigenvalue weighted by Crippen LogP contribution is 2.31. The molecular weight excluding hydrogens is 499 g/mol. The van der Waals surface area contributed by atoms with Crippen LogP contribution in [0.15, 0.2) is 87.7 Å². The minimum Gasteiger partial charge on any atom is -0.484 e. The van der Waals surface area contributed by atoms with Gasteiger partial charge in [-0.3, -0.25) is 0 Å². The number of primary sulfonamides is 1. The number of alkyl halides is 3. The molecule has 3 aromatic carbocycles. The Morgan fingerprint density at radius 3 is 2.22 bits per heavy atom. The average molecular weight is 515 g/mol. The average Bonchev–Trinajstić information content (AvgIpc) is 2.83. The Labute approximate surface area is 202 Å². The van der Waals surface area contributed by atoms with Gasteiger partial charge in [0.25, 0.3) is 5.88 Å². The van der Waals surface area contributed by atoms with E-state index in [1.807, 2.05) is 0 Å². The molecule has 0 fully saturated rings. The van der Waals surface area contributed by atoms with E-state index in [4.69, 9.17) is 9.88 Å². The molecule has 36 heavy (non-hydrogen) atoms. The lowest BCUT2D eigenvalue weighted by molar-refractivity contribution is -0.153. The molecule has 0 spiro atoms. The third kappa shape index (κ3) is 6.63. The van der Waals surface area contributed by atoms with E-state index in [1.165, 1.54) is 48.5 Å². The summed E-state index contributed by atoms with van der Waals surface area (Å²) in [5.41, 5.74) is 1.25. The number of fused-ring (bicyclic) bond motifs is 1. The number of halogens is 3. The third-order valence-corrected chi connectivity index (χ3v) is 5.35. The van der Waals surface area contributed by atoms with Crippen molar-refractivity contribution in [2.75, 3.05) is 6.61 Å². The van der Waals surface area contributed by atoms with Crippen LogP contribution in [0.2, 0.25) is 0 Å². The lowest BCUT2D eigenvalue weighted by atomic mass is 10.3. The van der Waals surface area contributed by atoms with Crippen LogP contribution in [0.1, 0.15) is 0 Å². The Morgan fingerprint density at radius 1 is 0.889 bits per heavy atom. The van der Waals surface area contributed by atoms with Crippen molar-refractivity contribution in [3.8, 4) is 17.4 Å². The lowest BCUT2D eigenvalue weighted by Crippen LogP contribution is -2.19. The molecule has 0 aliphatic rings. The number of nitrogens with two attached hydrogens (primary N) is 1. The van der Waals surface area contributed by atoms with Gasteiger partial charge in [-0.15, -0.1) is 0 Å². The fourth-order valence-electron chi connectivity index (χ4n) is 2.86. The van der Waals surface area contributed by atoms with Crippen LogP contribution in [0.3, 0.4) is 0 Å². The van der Waals surface area contributed by atoms with Gasteiger partial charge in [0.05, 0.1) is 21.6 Å². The van der Waals surface area contributed by atoms with Crippen molar-refractivity contribution in [1.29, 1.82) is 0 Å². The lowest BCUT2D eigenvalue weighted by Gasteiger charge is -2.10. The number of aromatic nitrogens is 2. The van der Waals surface area contributed by atoms with Crippen molar-refractivity contribution in [1.82, 2.24) is 9.97 Å². The first kappa shape index (κ1) is 24.8. The molecule has 0 saturated heterocycles. The maximum Gasteiger partial charge on any atom is 0.422 e. The van der Waals surface area contributed by atoms with Crippen molar-refractivity contribution in [3.05, 3.63) is 72.8 Å².